The van der Waals surface area contributed by atoms with Crippen LogP contribution in [-0.4, -0.2) is 30.4 Å². The van der Waals surface area contributed by atoms with Crippen LogP contribution in [0.5, 0.6) is 0 Å². The summed E-state index contributed by atoms with van der Waals surface area (Å²) in [6.45, 7) is 3.42. The normalized spacial score (nSPS) is 11.6. The fourth-order valence-electron chi connectivity index (χ4n) is 2.48. The van der Waals surface area contributed by atoms with Gasteiger partial charge in [0.05, 0.1) is 0 Å². The molecule has 148 valence electrons. The molecule has 0 radical (unpaired) electrons. The quantitative estimate of drug-likeness (QED) is 0.660. The number of carbonyl (C=O) groups is 3. The number of nitrogens with one attached hydrogen (secondary N) is 2. The molecular formula is C21H23ClN2O4. The van der Waals surface area contributed by atoms with Gasteiger partial charge in [-0.2, -0.15) is 0 Å². The Morgan fingerprint density at radius 1 is 1.00 bits per heavy atom. The van der Waals surface area contributed by atoms with Crippen LogP contribution in [0.15, 0.2) is 54.6 Å². The minimum Gasteiger partial charge on any atom is -0.454 e. The van der Waals surface area contributed by atoms with Gasteiger partial charge in [-0.05, 0) is 48.7 Å². The molecular weight excluding hydrogens is 380 g/mol. The molecule has 0 spiro atoms. The first-order valence-corrected chi connectivity index (χ1v) is 9.31. The van der Waals surface area contributed by atoms with Crippen LogP contribution in [0.25, 0.3) is 0 Å². The second-order valence-electron chi connectivity index (χ2n) is 6.68. The van der Waals surface area contributed by atoms with Crippen molar-refractivity contribution in [3.05, 3.63) is 65.2 Å². The van der Waals surface area contributed by atoms with E-state index >= 15 is 0 Å². The van der Waals surface area contributed by atoms with Gasteiger partial charge in [0, 0.05) is 16.3 Å². The summed E-state index contributed by atoms with van der Waals surface area (Å²) in [5, 5.41) is 5.81. The zero-order chi connectivity index (χ0) is 20.5. The fourth-order valence-corrected chi connectivity index (χ4v) is 2.61. The molecule has 2 amide bonds. The van der Waals surface area contributed by atoms with Crippen molar-refractivity contribution in [1.82, 2.24) is 5.32 Å². The summed E-state index contributed by atoms with van der Waals surface area (Å²) in [4.78, 5) is 36.8. The number of amides is 2. The molecule has 0 saturated carbocycles. The van der Waals surface area contributed by atoms with Crippen molar-refractivity contribution in [3.63, 3.8) is 0 Å². The van der Waals surface area contributed by atoms with Gasteiger partial charge in [-0.3, -0.25) is 9.59 Å². The third-order valence-corrected chi connectivity index (χ3v) is 4.06. The molecule has 2 rings (SSSR count). The zero-order valence-electron chi connectivity index (χ0n) is 15.8. The van der Waals surface area contributed by atoms with Gasteiger partial charge in [0.2, 0.25) is 0 Å². The minimum atomic E-state index is -0.854. The summed E-state index contributed by atoms with van der Waals surface area (Å²) in [7, 11) is 0. The second-order valence-corrected chi connectivity index (χ2v) is 7.12. The first kappa shape index (κ1) is 21.4. The summed E-state index contributed by atoms with van der Waals surface area (Å²) < 4.78 is 5.11. The SMILES string of the molecule is CC(C)C[C@H](NC(=O)c1ccc(Cl)cc1)C(=O)OCC(=O)Nc1ccccc1. The van der Waals surface area contributed by atoms with E-state index in [1.165, 1.54) is 0 Å². The molecule has 28 heavy (non-hydrogen) atoms. The zero-order valence-corrected chi connectivity index (χ0v) is 16.5. The van der Waals surface area contributed by atoms with E-state index < -0.39 is 30.4 Å². The number of anilines is 1. The average molecular weight is 403 g/mol. The monoisotopic (exact) mass is 402 g/mol. The molecule has 0 aliphatic rings. The van der Waals surface area contributed by atoms with E-state index in [4.69, 9.17) is 16.3 Å². The number of carbonyl (C=O) groups excluding carboxylic acids is 3. The molecule has 0 aromatic heterocycles. The summed E-state index contributed by atoms with van der Waals surface area (Å²) in [5.41, 5.74) is 0.992. The van der Waals surface area contributed by atoms with Crippen molar-refractivity contribution < 1.29 is 19.1 Å². The second kappa shape index (κ2) is 10.5. The summed E-state index contributed by atoms with van der Waals surface area (Å²) in [6, 6.07) is 14.3. The number of rotatable bonds is 8. The molecule has 0 aliphatic carbocycles. The van der Waals surface area contributed by atoms with Gasteiger partial charge < -0.3 is 15.4 Å². The molecule has 0 fully saturated rings. The van der Waals surface area contributed by atoms with E-state index in [1.807, 2.05) is 19.9 Å². The number of benzene rings is 2. The van der Waals surface area contributed by atoms with Crippen molar-refractivity contribution in [2.45, 2.75) is 26.3 Å². The van der Waals surface area contributed by atoms with Crippen LogP contribution >= 0.6 is 11.6 Å². The molecule has 0 heterocycles. The Morgan fingerprint density at radius 3 is 2.25 bits per heavy atom. The van der Waals surface area contributed by atoms with Crippen LogP contribution in [0, 0.1) is 5.92 Å². The van der Waals surface area contributed by atoms with Crippen LogP contribution in [-0.2, 0) is 14.3 Å². The first-order chi connectivity index (χ1) is 13.3. The maximum atomic E-state index is 12.4. The molecule has 7 heteroatoms. The molecule has 1 atom stereocenters. The summed E-state index contributed by atoms with van der Waals surface area (Å²) in [5.74, 6) is -1.37. The lowest BCUT2D eigenvalue weighted by atomic mass is 10.0. The van der Waals surface area contributed by atoms with Crippen molar-refractivity contribution in [2.75, 3.05) is 11.9 Å². The summed E-state index contributed by atoms with van der Waals surface area (Å²) >= 11 is 5.83. The average Bonchev–Trinajstić information content (AvgIpc) is 2.66. The van der Waals surface area contributed by atoms with Crippen molar-refractivity contribution >= 4 is 35.1 Å². The van der Waals surface area contributed by atoms with E-state index in [2.05, 4.69) is 10.6 Å². The van der Waals surface area contributed by atoms with Gasteiger partial charge >= 0.3 is 5.97 Å². The highest BCUT2D eigenvalue weighted by atomic mass is 35.5. The van der Waals surface area contributed by atoms with Crippen molar-refractivity contribution in [3.8, 4) is 0 Å². The number of para-hydroxylation sites is 1. The number of halogens is 1. The highest BCUT2D eigenvalue weighted by Gasteiger charge is 2.24. The molecule has 2 aromatic rings. The smallest absolute Gasteiger partial charge is 0.329 e. The van der Waals surface area contributed by atoms with Gasteiger partial charge in [-0.1, -0.05) is 43.6 Å². The Bertz CT molecular complexity index is 807. The third kappa shape index (κ3) is 7.04. The standard InChI is InChI=1S/C21H23ClN2O4/c1-14(2)12-18(24-20(26)15-8-10-16(22)11-9-15)21(27)28-13-19(25)23-17-6-4-3-5-7-17/h3-11,14,18H,12-13H2,1-2H3,(H,23,25)(H,24,26)/t18-/m0/s1. The minimum absolute atomic E-state index is 0.140. The van der Waals surface area contributed by atoms with Gasteiger partial charge in [0.1, 0.15) is 6.04 Å². The Labute approximate surface area is 169 Å². The molecule has 0 unspecified atom stereocenters. The molecule has 6 nitrogen and oxygen atoms in total. The molecule has 2 N–H and O–H groups in total. The van der Waals surface area contributed by atoms with E-state index in [-0.39, 0.29) is 5.92 Å². The topological polar surface area (TPSA) is 84.5 Å². The van der Waals surface area contributed by atoms with Crippen LogP contribution in [0.2, 0.25) is 5.02 Å². The molecule has 0 saturated heterocycles. The van der Waals surface area contributed by atoms with Gasteiger partial charge in [-0.25, -0.2) is 4.79 Å². The first-order valence-electron chi connectivity index (χ1n) is 8.93. The predicted molar refractivity (Wildman–Crippen MR) is 108 cm³/mol. The molecule has 0 aliphatic heterocycles. The largest absolute Gasteiger partial charge is 0.454 e. The van der Waals surface area contributed by atoms with E-state index in [0.717, 1.165) is 0 Å². The van der Waals surface area contributed by atoms with Crippen molar-refractivity contribution in [2.24, 2.45) is 5.92 Å². The van der Waals surface area contributed by atoms with E-state index in [9.17, 15) is 14.4 Å². The highest BCUT2D eigenvalue weighted by Crippen LogP contribution is 2.12. The Kier molecular flexibility index (Phi) is 8.02. The Balaban J connectivity index is 1.93. The third-order valence-electron chi connectivity index (χ3n) is 3.81. The predicted octanol–water partition coefficient (Wildman–Crippen LogP) is 3.67. The van der Waals surface area contributed by atoms with E-state index in [1.54, 1.807) is 48.5 Å². The highest BCUT2D eigenvalue weighted by molar-refractivity contribution is 6.30. The Morgan fingerprint density at radius 2 is 1.64 bits per heavy atom. The van der Waals surface area contributed by atoms with E-state index in [0.29, 0.717) is 22.7 Å². The number of ether oxygens (including phenoxy) is 1. The van der Waals surface area contributed by atoms with Crippen LogP contribution in [0.4, 0.5) is 5.69 Å². The van der Waals surface area contributed by atoms with Crippen molar-refractivity contribution in [1.29, 1.82) is 0 Å². The van der Waals surface area contributed by atoms with Gasteiger partial charge in [0.15, 0.2) is 6.61 Å². The van der Waals surface area contributed by atoms with Crippen LogP contribution in [0.1, 0.15) is 30.6 Å². The summed E-state index contributed by atoms with van der Waals surface area (Å²) in [6.07, 6.45) is 0.387. The van der Waals surface area contributed by atoms with Crippen LogP contribution < -0.4 is 10.6 Å². The lowest BCUT2D eigenvalue weighted by molar-refractivity contribution is -0.149. The number of hydrogen-bond donors (Lipinski definition) is 2. The fraction of sp³-hybridized carbons (Fsp3) is 0.286. The molecule has 0 bridgehead atoms. The molecule has 2 aromatic carbocycles. The van der Waals surface area contributed by atoms with Gasteiger partial charge in [-0.15, -0.1) is 0 Å². The number of esters is 1. The Hall–Kier alpha value is -2.86. The maximum absolute atomic E-state index is 12.4. The lowest BCUT2D eigenvalue weighted by Crippen LogP contribution is -2.43. The van der Waals surface area contributed by atoms with Gasteiger partial charge in [0.25, 0.3) is 11.8 Å². The van der Waals surface area contributed by atoms with Crippen LogP contribution in [0.3, 0.4) is 0 Å². The lowest BCUT2D eigenvalue weighted by Gasteiger charge is -2.19. The maximum Gasteiger partial charge on any atom is 0.329 e. The number of hydrogen-bond acceptors (Lipinski definition) is 4.